The highest BCUT2D eigenvalue weighted by molar-refractivity contribution is 9.10. The van der Waals surface area contributed by atoms with E-state index < -0.39 is 0 Å². The van der Waals surface area contributed by atoms with Crippen LogP contribution < -0.4 is 5.73 Å². The topological polar surface area (TPSA) is 74.6 Å². The third-order valence-electron chi connectivity index (χ3n) is 2.16. The Morgan fingerprint density at radius 2 is 2.20 bits per heavy atom. The molecule has 0 aliphatic rings. The summed E-state index contributed by atoms with van der Waals surface area (Å²) in [7, 11) is 3.70. The highest BCUT2D eigenvalue weighted by atomic mass is 79.9. The molecule has 0 aromatic carbocycles. The molecule has 1 atom stereocenters. The normalized spacial score (nSPS) is 13.1. The lowest BCUT2D eigenvalue weighted by atomic mass is 10.2. The zero-order valence-electron chi connectivity index (χ0n) is 8.42. The number of imidazole rings is 1. The lowest BCUT2D eigenvalue weighted by Crippen LogP contribution is -2.16. The number of nitrogens with two attached hydrogens (primary N) is 1. The smallest absolute Gasteiger partial charge is 0.153 e. The fourth-order valence-electron chi connectivity index (χ4n) is 1.40. The number of hydrogen-bond donors (Lipinski definition) is 1. The molecule has 2 heterocycles. The van der Waals surface area contributed by atoms with Gasteiger partial charge in [0.05, 0.1) is 23.8 Å². The van der Waals surface area contributed by atoms with Gasteiger partial charge in [0.1, 0.15) is 0 Å². The van der Waals surface area contributed by atoms with Crippen LogP contribution in [0.4, 0.5) is 0 Å². The lowest BCUT2D eigenvalue weighted by Gasteiger charge is -2.08. The van der Waals surface area contributed by atoms with Crippen molar-refractivity contribution in [3.05, 3.63) is 28.5 Å². The zero-order valence-corrected chi connectivity index (χ0v) is 10.0. The summed E-state index contributed by atoms with van der Waals surface area (Å²) in [6.07, 6.45) is 3.59. The molecule has 7 heteroatoms. The molecule has 0 aliphatic heterocycles. The Kier molecular flexibility index (Phi) is 2.57. The van der Waals surface area contributed by atoms with Crippen LogP contribution in [0.25, 0.3) is 0 Å². The summed E-state index contributed by atoms with van der Waals surface area (Å²) >= 11 is 3.31. The van der Waals surface area contributed by atoms with Crippen molar-refractivity contribution in [3.8, 4) is 0 Å². The molecule has 2 rings (SSSR count). The van der Waals surface area contributed by atoms with E-state index in [1.165, 1.54) is 0 Å². The van der Waals surface area contributed by atoms with Crippen molar-refractivity contribution >= 4 is 15.9 Å². The van der Waals surface area contributed by atoms with Crippen LogP contribution in [0.2, 0.25) is 0 Å². The Labute approximate surface area is 95.2 Å². The van der Waals surface area contributed by atoms with E-state index in [0.717, 1.165) is 11.4 Å². The summed E-state index contributed by atoms with van der Waals surface area (Å²) in [5.41, 5.74) is 7.68. The van der Waals surface area contributed by atoms with E-state index in [2.05, 4.69) is 31.2 Å². The average Bonchev–Trinajstić information content (AvgIpc) is 2.73. The van der Waals surface area contributed by atoms with Crippen molar-refractivity contribution in [2.45, 2.75) is 6.04 Å². The van der Waals surface area contributed by atoms with Gasteiger partial charge in [-0.2, -0.15) is 0 Å². The number of aromatic nitrogens is 5. The zero-order chi connectivity index (χ0) is 11.0. The predicted molar refractivity (Wildman–Crippen MR) is 57.9 cm³/mol. The van der Waals surface area contributed by atoms with E-state index >= 15 is 0 Å². The standard InChI is InChI=1S/C8H11BrN6/c1-14-3-5(11-4-14)6(10)7-8(9)12-13-15(7)2/h3-4,6H,10H2,1-2H3. The monoisotopic (exact) mass is 270 g/mol. The summed E-state index contributed by atoms with van der Waals surface area (Å²) < 4.78 is 4.15. The SMILES string of the molecule is Cn1cnc(C(N)c2c(Br)nnn2C)c1. The molecule has 0 fully saturated rings. The number of rotatable bonds is 2. The lowest BCUT2D eigenvalue weighted by molar-refractivity contribution is 0.645. The molecule has 0 amide bonds. The second kappa shape index (κ2) is 3.74. The maximum absolute atomic E-state index is 6.07. The van der Waals surface area contributed by atoms with Gasteiger partial charge in [-0.15, -0.1) is 5.10 Å². The van der Waals surface area contributed by atoms with Gasteiger partial charge in [-0.1, -0.05) is 5.21 Å². The van der Waals surface area contributed by atoms with Gasteiger partial charge in [0.15, 0.2) is 4.60 Å². The maximum Gasteiger partial charge on any atom is 0.153 e. The molecule has 0 spiro atoms. The van der Waals surface area contributed by atoms with Crippen LogP contribution in [0, 0.1) is 0 Å². The van der Waals surface area contributed by atoms with Crippen molar-refractivity contribution in [2.75, 3.05) is 0 Å². The minimum absolute atomic E-state index is 0.319. The van der Waals surface area contributed by atoms with E-state index in [4.69, 9.17) is 5.73 Å². The molecule has 0 radical (unpaired) electrons. The van der Waals surface area contributed by atoms with E-state index in [1.807, 2.05) is 17.8 Å². The van der Waals surface area contributed by atoms with Gasteiger partial charge >= 0.3 is 0 Å². The Morgan fingerprint density at radius 1 is 1.47 bits per heavy atom. The van der Waals surface area contributed by atoms with Crippen LogP contribution in [0.5, 0.6) is 0 Å². The van der Waals surface area contributed by atoms with Crippen LogP contribution in [0.15, 0.2) is 17.1 Å². The number of nitrogens with zero attached hydrogens (tertiary/aromatic N) is 5. The average molecular weight is 271 g/mol. The summed E-state index contributed by atoms with van der Waals surface area (Å²) in [5, 5.41) is 7.76. The molecule has 0 saturated heterocycles. The largest absolute Gasteiger partial charge is 0.340 e. The quantitative estimate of drug-likeness (QED) is 0.855. The first-order chi connectivity index (χ1) is 7.09. The molecule has 0 saturated carbocycles. The Hall–Kier alpha value is -1.21. The second-order valence-electron chi connectivity index (χ2n) is 3.33. The second-order valence-corrected chi connectivity index (χ2v) is 4.08. The summed E-state index contributed by atoms with van der Waals surface area (Å²) in [6, 6.07) is -0.319. The highest BCUT2D eigenvalue weighted by Crippen LogP contribution is 2.22. The number of halogens is 1. The van der Waals surface area contributed by atoms with Crippen molar-refractivity contribution in [3.63, 3.8) is 0 Å². The summed E-state index contributed by atoms with van der Waals surface area (Å²) in [4.78, 5) is 4.20. The third-order valence-corrected chi connectivity index (χ3v) is 2.73. The maximum atomic E-state index is 6.07. The van der Waals surface area contributed by atoms with Gasteiger partial charge in [-0.05, 0) is 15.9 Å². The minimum Gasteiger partial charge on any atom is -0.340 e. The Morgan fingerprint density at radius 3 is 2.67 bits per heavy atom. The van der Waals surface area contributed by atoms with E-state index in [1.54, 1.807) is 18.1 Å². The molecule has 2 N–H and O–H groups in total. The molecule has 15 heavy (non-hydrogen) atoms. The molecular weight excluding hydrogens is 260 g/mol. The van der Waals surface area contributed by atoms with Crippen molar-refractivity contribution < 1.29 is 0 Å². The third kappa shape index (κ3) is 1.80. The van der Waals surface area contributed by atoms with E-state index in [0.29, 0.717) is 4.60 Å². The first-order valence-electron chi connectivity index (χ1n) is 4.38. The molecule has 6 nitrogen and oxygen atoms in total. The highest BCUT2D eigenvalue weighted by Gasteiger charge is 2.19. The summed E-state index contributed by atoms with van der Waals surface area (Å²) in [5.74, 6) is 0. The number of hydrogen-bond acceptors (Lipinski definition) is 4. The molecule has 0 aliphatic carbocycles. The predicted octanol–water partition coefficient (Wildman–Crippen LogP) is 0.359. The van der Waals surface area contributed by atoms with Gasteiger partial charge in [0.2, 0.25) is 0 Å². The fourth-order valence-corrected chi connectivity index (χ4v) is 1.98. The first-order valence-corrected chi connectivity index (χ1v) is 5.17. The first kappa shape index (κ1) is 10.3. The Bertz CT molecular complexity index is 454. The Balaban J connectivity index is 2.40. The van der Waals surface area contributed by atoms with Crippen molar-refractivity contribution in [2.24, 2.45) is 19.8 Å². The number of aryl methyl sites for hydroxylation is 2. The fraction of sp³-hybridized carbons (Fsp3) is 0.375. The van der Waals surface area contributed by atoms with E-state index in [-0.39, 0.29) is 6.04 Å². The van der Waals surface area contributed by atoms with Gasteiger partial charge in [-0.25, -0.2) is 9.67 Å². The van der Waals surface area contributed by atoms with Crippen LogP contribution in [0.3, 0.4) is 0 Å². The molecular formula is C8H11BrN6. The molecule has 2 aromatic heterocycles. The van der Waals surface area contributed by atoms with Gasteiger partial charge in [0.25, 0.3) is 0 Å². The molecule has 1 unspecified atom stereocenters. The minimum atomic E-state index is -0.319. The summed E-state index contributed by atoms with van der Waals surface area (Å²) in [6.45, 7) is 0. The van der Waals surface area contributed by atoms with E-state index in [9.17, 15) is 0 Å². The molecule has 0 bridgehead atoms. The van der Waals surface area contributed by atoms with Crippen LogP contribution in [0.1, 0.15) is 17.4 Å². The van der Waals surface area contributed by atoms with Crippen LogP contribution in [-0.2, 0) is 14.1 Å². The van der Waals surface area contributed by atoms with Gasteiger partial charge in [-0.3, -0.25) is 0 Å². The molecule has 80 valence electrons. The van der Waals surface area contributed by atoms with Crippen molar-refractivity contribution in [1.29, 1.82) is 0 Å². The van der Waals surface area contributed by atoms with Gasteiger partial charge < -0.3 is 10.3 Å². The van der Waals surface area contributed by atoms with Crippen LogP contribution >= 0.6 is 15.9 Å². The van der Waals surface area contributed by atoms with Gasteiger partial charge in [0, 0.05) is 20.3 Å². The molecule has 2 aromatic rings. The van der Waals surface area contributed by atoms with Crippen LogP contribution in [-0.4, -0.2) is 24.5 Å². The van der Waals surface area contributed by atoms with Crippen molar-refractivity contribution in [1.82, 2.24) is 24.5 Å².